The number of aliphatic hydroxyl groups is 1. The molecule has 0 fully saturated rings. The van der Waals surface area contributed by atoms with Crippen molar-refractivity contribution in [2.45, 2.75) is 0 Å². The average Bonchev–Trinajstić information content (AvgIpc) is 2.50. The van der Waals surface area contributed by atoms with Crippen LogP contribution in [0.1, 0.15) is 0 Å². The predicted octanol–water partition coefficient (Wildman–Crippen LogP) is 2.57. The number of aromatic nitrogens is 3. The molecule has 0 aliphatic carbocycles. The number of anilines is 2. The minimum atomic E-state index is 0.171. The van der Waals surface area contributed by atoms with Gasteiger partial charge >= 0.3 is 0 Å². The lowest BCUT2D eigenvalue weighted by atomic mass is 10.1. The fourth-order valence-electron chi connectivity index (χ4n) is 1.69. The first kappa shape index (κ1) is 17.1. The molecule has 118 valence electrons. The first-order valence-corrected chi connectivity index (χ1v) is 8.41. The number of thioether (sulfide) groups is 1. The van der Waals surface area contributed by atoms with Crippen molar-refractivity contribution in [2.75, 3.05) is 35.7 Å². The Labute approximate surface area is 142 Å². The smallest absolute Gasteiger partial charge is 0.244 e. The molecule has 0 bridgehead atoms. The second kappa shape index (κ2) is 8.38. The van der Waals surface area contributed by atoms with Crippen molar-refractivity contribution < 1.29 is 5.11 Å². The lowest BCUT2D eigenvalue weighted by molar-refractivity contribution is 0.322. The average molecular weight is 360 g/mol. The molecule has 2 aromatic rings. The number of nitrogens with two attached hydrogens (primary N) is 1. The van der Waals surface area contributed by atoms with Crippen molar-refractivity contribution in [3.63, 3.8) is 0 Å². The molecule has 1 aromatic heterocycles. The monoisotopic (exact) mass is 359 g/mol. The zero-order valence-electron chi connectivity index (χ0n) is 11.6. The van der Waals surface area contributed by atoms with Crippen molar-refractivity contribution in [2.24, 2.45) is 0 Å². The maximum absolute atomic E-state index is 8.69. The van der Waals surface area contributed by atoms with E-state index in [9.17, 15) is 0 Å². The van der Waals surface area contributed by atoms with E-state index in [1.165, 1.54) is 0 Å². The standard InChI is InChI=1S/C13H15Cl2N5OS/c14-9-3-1-2-8(10(9)15)11-12(16)18-13(20-19-11)17-4-6-22-7-5-21/h1-3,21H,4-7H2,(H3,16,17,18,20). The van der Waals surface area contributed by atoms with Gasteiger partial charge in [-0.2, -0.15) is 16.7 Å². The van der Waals surface area contributed by atoms with E-state index < -0.39 is 0 Å². The highest BCUT2D eigenvalue weighted by Crippen LogP contribution is 2.34. The summed E-state index contributed by atoms with van der Waals surface area (Å²) in [6, 6.07) is 5.20. The van der Waals surface area contributed by atoms with E-state index in [1.54, 1.807) is 30.0 Å². The van der Waals surface area contributed by atoms with Gasteiger partial charge in [0.05, 0.1) is 16.7 Å². The fourth-order valence-corrected chi connectivity index (χ4v) is 2.66. The number of aliphatic hydroxyl groups excluding tert-OH is 1. The van der Waals surface area contributed by atoms with E-state index in [-0.39, 0.29) is 12.4 Å². The van der Waals surface area contributed by atoms with Crippen LogP contribution in [0.3, 0.4) is 0 Å². The highest BCUT2D eigenvalue weighted by atomic mass is 35.5. The van der Waals surface area contributed by atoms with E-state index in [0.29, 0.717) is 39.5 Å². The Morgan fingerprint density at radius 2 is 2.05 bits per heavy atom. The molecule has 1 heterocycles. The molecule has 0 spiro atoms. The molecule has 0 saturated heterocycles. The summed E-state index contributed by atoms with van der Waals surface area (Å²) in [6.07, 6.45) is 0. The van der Waals surface area contributed by atoms with E-state index in [1.807, 2.05) is 0 Å². The Kier molecular flexibility index (Phi) is 6.50. The van der Waals surface area contributed by atoms with E-state index >= 15 is 0 Å². The quantitative estimate of drug-likeness (QED) is 0.653. The number of hydrogen-bond acceptors (Lipinski definition) is 7. The number of nitrogens with one attached hydrogen (secondary N) is 1. The third kappa shape index (κ3) is 4.36. The second-order valence-electron chi connectivity index (χ2n) is 4.23. The van der Waals surface area contributed by atoms with Gasteiger partial charge in [0, 0.05) is 23.6 Å². The fraction of sp³-hybridized carbons (Fsp3) is 0.308. The summed E-state index contributed by atoms with van der Waals surface area (Å²) in [6.45, 7) is 0.827. The van der Waals surface area contributed by atoms with E-state index in [2.05, 4.69) is 20.5 Å². The van der Waals surface area contributed by atoms with Gasteiger partial charge in [-0.3, -0.25) is 0 Å². The molecule has 0 saturated carbocycles. The number of nitrogen functional groups attached to an aromatic ring is 1. The number of nitrogens with zero attached hydrogens (tertiary/aromatic N) is 3. The summed E-state index contributed by atoms with van der Waals surface area (Å²) in [5, 5.41) is 20.6. The lowest BCUT2D eigenvalue weighted by Gasteiger charge is -2.09. The van der Waals surface area contributed by atoms with Gasteiger partial charge in [0.25, 0.3) is 0 Å². The molecule has 6 nitrogen and oxygen atoms in total. The largest absolute Gasteiger partial charge is 0.396 e. The molecular formula is C13H15Cl2N5OS. The molecule has 4 N–H and O–H groups in total. The van der Waals surface area contributed by atoms with Gasteiger partial charge in [-0.25, -0.2) is 0 Å². The van der Waals surface area contributed by atoms with Crippen LogP contribution in [-0.2, 0) is 0 Å². The minimum absolute atomic E-state index is 0.171. The number of hydrogen-bond donors (Lipinski definition) is 3. The molecule has 9 heteroatoms. The summed E-state index contributed by atoms with van der Waals surface area (Å²) in [5.74, 6) is 2.11. The van der Waals surface area contributed by atoms with Gasteiger partial charge in [-0.05, 0) is 6.07 Å². The van der Waals surface area contributed by atoms with Crippen LogP contribution in [0, 0.1) is 0 Å². The molecule has 0 aliphatic heterocycles. The summed E-state index contributed by atoms with van der Waals surface area (Å²) < 4.78 is 0. The molecular weight excluding hydrogens is 345 g/mol. The van der Waals surface area contributed by atoms with Crippen LogP contribution in [0.25, 0.3) is 11.3 Å². The minimum Gasteiger partial charge on any atom is -0.396 e. The number of benzene rings is 1. The van der Waals surface area contributed by atoms with Gasteiger partial charge in [0.2, 0.25) is 5.95 Å². The lowest BCUT2D eigenvalue weighted by Crippen LogP contribution is -2.11. The Morgan fingerprint density at radius 1 is 1.23 bits per heavy atom. The molecule has 2 rings (SSSR count). The van der Waals surface area contributed by atoms with E-state index in [0.717, 1.165) is 5.75 Å². The van der Waals surface area contributed by atoms with Crippen LogP contribution in [0.5, 0.6) is 0 Å². The summed E-state index contributed by atoms with van der Waals surface area (Å²) >= 11 is 13.8. The maximum atomic E-state index is 8.69. The Morgan fingerprint density at radius 3 is 2.77 bits per heavy atom. The molecule has 1 aromatic carbocycles. The number of rotatable bonds is 7. The van der Waals surface area contributed by atoms with Crippen LogP contribution in [0.2, 0.25) is 10.0 Å². The summed E-state index contributed by atoms with van der Waals surface area (Å²) in [5.41, 5.74) is 6.92. The van der Waals surface area contributed by atoms with Crippen molar-refractivity contribution >= 4 is 46.7 Å². The number of halogens is 2. The van der Waals surface area contributed by atoms with Gasteiger partial charge in [0.1, 0.15) is 5.69 Å². The maximum Gasteiger partial charge on any atom is 0.244 e. The molecule has 0 amide bonds. The van der Waals surface area contributed by atoms with Crippen molar-refractivity contribution in [3.05, 3.63) is 28.2 Å². The molecule has 0 unspecified atom stereocenters. The van der Waals surface area contributed by atoms with Crippen LogP contribution < -0.4 is 11.1 Å². The Balaban J connectivity index is 2.08. The first-order valence-electron chi connectivity index (χ1n) is 6.50. The SMILES string of the molecule is Nc1nc(NCCSCCO)nnc1-c1cccc(Cl)c1Cl. The van der Waals surface area contributed by atoms with Crippen LogP contribution in [0.15, 0.2) is 18.2 Å². The van der Waals surface area contributed by atoms with Gasteiger partial charge < -0.3 is 16.2 Å². The topological polar surface area (TPSA) is 97.0 Å². The van der Waals surface area contributed by atoms with Gasteiger partial charge in [-0.1, -0.05) is 35.3 Å². The van der Waals surface area contributed by atoms with Crippen LogP contribution in [-0.4, -0.2) is 44.9 Å². The van der Waals surface area contributed by atoms with Gasteiger partial charge in [0.15, 0.2) is 5.82 Å². The molecule has 0 atom stereocenters. The summed E-state index contributed by atoms with van der Waals surface area (Å²) in [4.78, 5) is 4.17. The molecule has 22 heavy (non-hydrogen) atoms. The first-order chi connectivity index (χ1) is 10.6. The molecule has 0 aliphatic rings. The highest BCUT2D eigenvalue weighted by molar-refractivity contribution is 7.99. The van der Waals surface area contributed by atoms with Gasteiger partial charge in [-0.15, -0.1) is 10.2 Å². The zero-order chi connectivity index (χ0) is 15.9. The normalized spacial score (nSPS) is 10.7. The van der Waals surface area contributed by atoms with Crippen molar-refractivity contribution in [1.29, 1.82) is 0 Å². The van der Waals surface area contributed by atoms with Crippen LogP contribution >= 0.6 is 35.0 Å². The third-order valence-electron chi connectivity index (χ3n) is 2.69. The Bertz CT molecular complexity index is 644. The second-order valence-corrected chi connectivity index (χ2v) is 6.24. The highest BCUT2D eigenvalue weighted by Gasteiger charge is 2.13. The Hall–Kier alpha value is -1.28. The van der Waals surface area contributed by atoms with Crippen molar-refractivity contribution in [3.8, 4) is 11.3 Å². The van der Waals surface area contributed by atoms with Crippen LogP contribution in [0.4, 0.5) is 11.8 Å². The predicted molar refractivity (Wildman–Crippen MR) is 92.6 cm³/mol. The zero-order valence-corrected chi connectivity index (χ0v) is 13.9. The molecule has 0 radical (unpaired) electrons. The third-order valence-corrected chi connectivity index (χ3v) is 4.47. The van der Waals surface area contributed by atoms with E-state index in [4.69, 9.17) is 34.0 Å². The summed E-state index contributed by atoms with van der Waals surface area (Å²) in [7, 11) is 0. The van der Waals surface area contributed by atoms with Crippen molar-refractivity contribution in [1.82, 2.24) is 15.2 Å².